The standard InChI is InChI=1S/C14H14NO2.C5H8O2.Pt/c1-10-8-11(16-2)4-5-13(10)14-9-12(17-3)6-7-15-14;1-4(6)3-5(2)7;/h4,6-9H,1-3H3;3,6H,1-2H3;/q-1;;/b;4-3-;. The van der Waals surface area contributed by atoms with E-state index in [1.807, 2.05) is 31.2 Å². The second-order valence-corrected chi connectivity index (χ2v) is 5.07. The summed E-state index contributed by atoms with van der Waals surface area (Å²) in [5.74, 6) is 1.53. The number of aliphatic hydroxyl groups excluding tert-OH is 1. The first-order chi connectivity index (χ1) is 11.4. The Hall–Kier alpha value is -2.13. The van der Waals surface area contributed by atoms with Crippen molar-refractivity contribution in [2.75, 3.05) is 14.2 Å². The number of aryl methyl sites for hydroxylation is 1. The topological polar surface area (TPSA) is 68.7 Å². The van der Waals surface area contributed by atoms with Gasteiger partial charge in [-0.15, -0.1) is 29.3 Å². The quantitative estimate of drug-likeness (QED) is 0.374. The number of methoxy groups -OCH3 is 2. The molecule has 25 heavy (non-hydrogen) atoms. The third kappa shape index (κ3) is 7.99. The van der Waals surface area contributed by atoms with Gasteiger partial charge in [0.1, 0.15) is 5.75 Å². The molecular formula is C19H22NO4Pt-. The second-order valence-electron chi connectivity index (χ2n) is 5.07. The molecule has 1 aromatic heterocycles. The molecule has 1 aromatic carbocycles. The fraction of sp³-hybridized carbons (Fsp3) is 0.263. The van der Waals surface area contributed by atoms with Crippen molar-refractivity contribution < 1.29 is 40.4 Å². The molecule has 138 valence electrons. The van der Waals surface area contributed by atoms with E-state index in [0.717, 1.165) is 28.3 Å². The largest absolute Gasteiger partial charge is 0.540 e. The van der Waals surface area contributed by atoms with Crippen molar-refractivity contribution in [2.45, 2.75) is 20.8 Å². The Balaban J connectivity index is 0.000000620. The number of hydrogen-bond acceptors (Lipinski definition) is 5. The predicted octanol–water partition coefficient (Wildman–Crippen LogP) is 3.91. The van der Waals surface area contributed by atoms with Crippen molar-refractivity contribution in [3.63, 3.8) is 0 Å². The number of nitrogens with zero attached hydrogens (tertiary/aromatic N) is 1. The van der Waals surface area contributed by atoms with E-state index >= 15 is 0 Å². The van der Waals surface area contributed by atoms with Gasteiger partial charge < -0.3 is 19.6 Å². The number of carbonyl (C=O) groups excluding carboxylic acids is 1. The molecule has 2 rings (SSSR count). The Morgan fingerprint density at radius 3 is 2.28 bits per heavy atom. The Morgan fingerprint density at radius 1 is 1.20 bits per heavy atom. The van der Waals surface area contributed by atoms with Gasteiger partial charge in [0.05, 0.1) is 20.0 Å². The fourth-order valence-corrected chi connectivity index (χ4v) is 1.95. The number of benzene rings is 1. The Kier molecular flexibility index (Phi) is 10.5. The van der Waals surface area contributed by atoms with E-state index in [9.17, 15) is 4.79 Å². The first kappa shape index (κ1) is 22.9. The van der Waals surface area contributed by atoms with Crippen LogP contribution in [0.2, 0.25) is 0 Å². The summed E-state index contributed by atoms with van der Waals surface area (Å²) in [5, 5.41) is 8.36. The summed E-state index contributed by atoms with van der Waals surface area (Å²) in [6.45, 7) is 4.86. The van der Waals surface area contributed by atoms with E-state index in [1.54, 1.807) is 20.4 Å². The molecule has 6 heteroatoms. The fourth-order valence-electron chi connectivity index (χ4n) is 1.95. The number of ether oxygens (including phenoxy) is 2. The van der Waals surface area contributed by atoms with Gasteiger partial charge in [0, 0.05) is 39.1 Å². The average molecular weight is 523 g/mol. The maximum Gasteiger partial charge on any atom is 0.155 e. The SMILES string of the molecule is CC(=O)/C=C(/C)O.COc1ccnc(-c2[c-]cc(OC)cc2C)c1.[Pt]. The first-order valence-corrected chi connectivity index (χ1v) is 7.32. The molecule has 0 aliphatic heterocycles. The summed E-state index contributed by atoms with van der Waals surface area (Å²) in [6.07, 6.45) is 2.89. The zero-order valence-electron chi connectivity index (χ0n) is 14.9. The van der Waals surface area contributed by atoms with Gasteiger partial charge in [-0.05, 0) is 31.7 Å². The maximum atomic E-state index is 10.0. The van der Waals surface area contributed by atoms with Crippen molar-refractivity contribution in [3.05, 3.63) is 53.9 Å². The average Bonchev–Trinajstić information content (AvgIpc) is 2.54. The molecule has 1 heterocycles. The predicted molar refractivity (Wildman–Crippen MR) is 93.4 cm³/mol. The minimum atomic E-state index is -0.125. The zero-order valence-corrected chi connectivity index (χ0v) is 17.2. The number of rotatable bonds is 4. The number of allylic oxidation sites excluding steroid dienone is 2. The number of pyridine rings is 1. The molecule has 0 spiro atoms. The number of aromatic nitrogens is 1. The summed E-state index contributed by atoms with van der Waals surface area (Å²) < 4.78 is 10.3. The van der Waals surface area contributed by atoms with Crippen molar-refractivity contribution in [2.24, 2.45) is 0 Å². The number of ketones is 1. The van der Waals surface area contributed by atoms with Crippen molar-refractivity contribution in [1.29, 1.82) is 0 Å². The van der Waals surface area contributed by atoms with Crippen LogP contribution in [-0.4, -0.2) is 30.1 Å². The van der Waals surface area contributed by atoms with Crippen molar-refractivity contribution >= 4 is 5.78 Å². The molecule has 0 saturated heterocycles. The molecule has 0 bridgehead atoms. The van der Waals surface area contributed by atoms with Crippen LogP contribution in [0.5, 0.6) is 11.5 Å². The molecule has 0 unspecified atom stereocenters. The van der Waals surface area contributed by atoms with Gasteiger partial charge in [-0.25, -0.2) is 0 Å². The second kappa shape index (κ2) is 11.4. The smallest absolute Gasteiger partial charge is 0.155 e. The monoisotopic (exact) mass is 523 g/mol. The van der Waals surface area contributed by atoms with Crippen molar-refractivity contribution in [3.8, 4) is 22.8 Å². The van der Waals surface area contributed by atoms with Crippen LogP contribution in [-0.2, 0) is 25.9 Å². The van der Waals surface area contributed by atoms with Crippen LogP contribution < -0.4 is 9.47 Å². The molecule has 2 aromatic rings. The van der Waals surface area contributed by atoms with Gasteiger partial charge in [0.2, 0.25) is 0 Å². The van der Waals surface area contributed by atoms with Gasteiger partial charge in [0.25, 0.3) is 0 Å². The molecule has 0 fully saturated rings. The van der Waals surface area contributed by atoms with Gasteiger partial charge in [-0.1, -0.05) is 6.92 Å². The van der Waals surface area contributed by atoms with Crippen LogP contribution in [0, 0.1) is 13.0 Å². The summed E-state index contributed by atoms with van der Waals surface area (Å²) >= 11 is 0. The summed E-state index contributed by atoms with van der Waals surface area (Å²) in [4.78, 5) is 14.3. The third-order valence-electron chi connectivity index (χ3n) is 2.98. The van der Waals surface area contributed by atoms with Crippen LogP contribution in [0.4, 0.5) is 0 Å². The summed E-state index contributed by atoms with van der Waals surface area (Å²) in [5.41, 5.74) is 2.89. The molecule has 0 radical (unpaired) electrons. The molecule has 1 N–H and O–H groups in total. The maximum absolute atomic E-state index is 10.0. The number of aliphatic hydroxyl groups is 1. The van der Waals surface area contributed by atoms with E-state index in [4.69, 9.17) is 14.6 Å². The van der Waals surface area contributed by atoms with Gasteiger partial charge >= 0.3 is 0 Å². The summed E-state index contributed by atoms with van der Waals surface area (Å²) in [7, 11) is 3.29. The van der Waals surface area contributed by atoms with Crippen LogP contribution >= 0.6 is 0 Å². The molecule has 0 atom stereocenters. The Labute approximate surface area is 163 Å². The number of hydrogen-bond donors (Lipinski definition) is 1. The van der Waals surface area contributed by atoms with Gasteiger partial charge in [-0.2, -0.15) is 0 Å². The van der Waals surface area contributed by atoms with E-state index in [-0.39, 0.29) is 32.6 Å². The first-order valence-electron chi connectivity index (χ1n) is 7.32. The zero-order chi connectivity index (χ0) is 18.1. The third-order valence-corrected chi connectivity index (χ3v) is 2.98. The Bertz CT molecular complexity index is 725. The van der Waals surface area contributed by atoms with Crippen LogP contribution in [0.1, 0.15) is 19.4 Å². The molecule has 0 aliphatic rings. The number of carbonyl (C=O) groups is 1. The van der Waals surface area contributed by atoms with Gasteiger partial charge in [-0.3, -0.25) is 4.79 Å². The Morgan fingerprint density at radius 2 is 1.84 bits per heavy atom. The van der Waals surface area contributed by atoms with Crippen molar-refractivity contribution in [1.82, 2.24) is 4.98 Å². The molecular weight excluding hydrogens is 501 g/mol. The van der Waals surface area contributed by atoms with E-state index < -0.39 is 0 Å². The van der Waals surface area contributed by atoms with Crippen LogP contribution in [0.3, 0.4) is 0 Å². The molecule has 0 aliphatic carbocycles. The molecule has 5 nitrogen and oxygen atoms in total. The normalized spacial score (nSPS) is 10.0. The minimum absolute atomic E-state index is 0. The van der Waals surface area contributed by atoms with E-state index in [2.05, 4.69) is 11.1 Å². The van der Waals surface area contributed by atoms with Crippen LogP contribution in [0.25, 0.3) is 11.3 Å². The van der Waals surface area contributed by atoms with E-state index in [1.165, 1.54) is 19.9 Å². The van der Waals surface area contributed by atoms with Gasteiger partial charge in [0.15, 0.2) is 5.78 Å². The molecule has 0 amide bonds. The summed E-state index contributed by atoms with van der Waals surface area (Å²) in [6, 6.07) is 10.7. The molecule has 0 saturated carbocycles. The minimum Gasteiger partial charge on any atom is -0.540 e. The van der Waals surface area contributed by atoms with Crippen LogP contribution in [0.15, 0.2) is 42.3 Å². The van der Waals surface area contributed by atoms with E-state index in [0.29, 0.717) is 0 Å².